The van der Waals surface area contributed by atoms with Crippen molar-refractivity contribution in [1.82, 2.24) is 10.6 Å². The average molecular weight is 321 g/mol. The van der Waals surface area contributed by atoms with Crippen LogP contribution in [0.1, 0.15) is 25.8 Å². The zero-order chi connectivity index (χ0) is 17.2. The number of alkyl carbamates (subject to hydrolysis) is 1. The Morgan fingerprint density at radius 3 is 2.52 bits per heavy atom. The Labute approximate surface area is 134 Å². The number of hydrogen-bond acceptors (Lipinski definition) is 4. The van der Waals surface area contributed by atoms with E-state index in [-0.39, 0.29) is 24.9 Å². The molecule has 2 N–H and O–H groups in total. The Bertz CT molecular complexity index is 567. The first kappa shape index (κ1) is 18.4. The maximum Gasteiger partial charge on any atom is 0.408 e. The van der Waals surface area contributed by atoms with Crippen molar-refractivity contribution >= 4 is 12.0 Å². The first-order valence-electron chi connectivity index (χ1n) is 7.24. The van der Waals surface area contributed by atoms with E-state index < -0.39 is 18.0 Å². The molecule has 0 saturated heterocycles. The molecule has 1 aromatic carbocycles. The van der Waals surface area contributed by atoms with E-state index in [1.165, 1.54) is 24.3 Å². The number of rotatable bonds is 7. The SMILES string of the molecule is CC(C)CC(NC(=O)OCc1ccc(F)cc1)C(=O)NCC#N. The van der Waals surface area contributed by atoms with Gasteiger partial charge in [-0.3, -0.25) is 4.79 Å². The van der Waals surface area contributed by atoms with Crippen LogP contribution in [0.25, 0.3) is 0 Å². The van der Waals surface area contributed by atoms with Crippen LogP contribution in [0.15, 0.2) is 24.3 Å². The summed E-state index contributed by atoms with van der Waals surface area (Å²) in [6.45, 7) is 3.67. The fourth-order valence-electron chi connectivity index (χ4n) is 1.87. The number of nitriles is 1. The van der Waals surface area contributed by atoms with Gasteiger partial charge < -0.3 is 15.4 Å². The van der Waals surface area contributed by atoms with E-state index >= 15 is 0 Å². The number of benzene rings is 1. The van der Waals surface area contributed by atoms with Gasteiger partial charge in [0.05, 0.1) is 6.07 Å². The van der Waals surface area contributed by atoms with Crippen LogP contribution in [0.5, 0.6) is 0 Å². The van der Waals surface area contributed by atoms with E-state index in [9.17, 15) is 14.0 Å². The summed E-state index contributed by atoms with van der Waals surface area (Å²) in [6.07, 6.45) is -0.324. The lowest BCUT2D eigenvalue weighted by Crippen LogP contribution is -2.47. The Morgan fingerprint density at radius 1 is 1.30 bits per heavy atom. The lowest BCUT2D eigenvalue weighted by molar-refractivity contribution is -0.123. The quantitative estimate of drug-likeness (QED) is 0.752. The van der Waals surface area contributed by atoms with E-state index in [1.54, 1.807) is 6.07 Å². The van der Waals surface area contributed by atoms with Crippen molar-refractivity contribution in [2.45, 2.75) is 32.9 Å². The molecule has 1 aromatic rings. The van der Waals surface area contributed by atoms with Crippen LogP contribution >= 0.6 is 0 Å². The molecular formula is C16H20FN3O3. The smallest absolute Gasteiger partial charge is 0.408 e. The summed E-state index contributed by atoms with van der Waals surface area (Å²) < 4.78 is 17.8. The van der Waals surface area contributed by atoms with Gasteiger partial charge in [-0.1, -0.05) is 26.0 Å². The third-order valence-corrected chi connectivity index (χ3v) is 2.94. The molecule has 2 amide bonds. The minimum atomic E-state index is -0.774. The molecule has 0 aliphatic rings. The van der Waals surface area contributed by atoms with Crippen LogP contribution in [0, 0.1) is 23.1 Å². The van der Waals surface area contributed by atoms with Gasteiger partial charge in [-0.25, -0.2) is 9.18 Å². The second-order valence-corrected chi connectivity index (χ2v) is 5.40. The maximum absolute atomic E-state index is 12.8. The Hall–Kier alpha value is -2.62. The molecule has 0 saturated carbocycles. The molecule has 6 nitrogen and oxygen atoms in total. The third-order valence-electron chi connectivity index (χ3n) is 2.94. The number of carbonyl (C=O) groups is 2. The van der Waals surface area contributed by atoms with E-state index in [0.29, 0.717) is 12.0 Å². The summed E-state index contributed by atoms with van der Waals surface area (Å²) in [7, 11) is 0. The van der Waals surface area contributed by atoms with Gasteiger partial charge >= 0.3 is 6.09 Å². The minimum Gasteiger partial charge on any atom is -0.445 e. The average Bonchev–Trinajstić information content (AvgIpc) is 2.51. The Morgan fingerprint density at radius 2 is 1.96 bits per heavy atom. The topological polar surface area (TPSA) is 91.2 Å². The standard InChI is InChI=1S/C16H20FN3O3/c1-11(2)9-14(15(21)19-8-7-18)20-16(22)23-10-12-3-5-13(17)6-4-12/h3-6,11,14H,8-10H2,1-2H3,(H,19,21)(H,20,22). The van der Waals surface area contributed by atoms with Crippen LogP contribution in [-0.2, 0) is 16.1 Å². The molecule has 0 aliphatic carbocycles. The van der Waals surface area contributed by atoms with Crippen molar-refractivity contribution in [2.75, 3.05) is 6.54 Å². The highest BCUT2D eigenvalue weighted by atomic mass is 19.1. The zero-order valence-electron chi connectivity index (χ0n) is 13.1. The normalized spacial score (nSPS) is 11.4. The number of hydrogen-bond donors (Lipinski definition) is 2. The Kier molecular flexibility index (Phi) is 7.54. The summed E-state index contributed by atoms with van der Waals surface area (Å²) in [5.74, 6) is -0.631. The summed E-state index contributed by atoms with van der Waals surface area (Å²) in [5.41, 5.74) is 0.635. The highest BCUT2D eigenvalue weighted by Gasteiger charge is 2.22. The summed E-state index contributed by atoms with van der Waals surface area (Å²) in [5, 5.41) is 13.4. The van der Waals surface area contributed by atoms with E-state index in [1.807, 2.05) is 13.8 Å². The highest BCUT2D eigenvalue weighted by Crippen LogP contribution is 2.07. The largest absolute Gasteiger partial charge is 0.445 e. The Balaban J connectivity index is 2.53. The van der Waals surface area contributed by atoms with Gasteiger partial charge in [0.25, 0.3) is 0 Å². The molecule has 0 aliphatic heterocycles. The molecule has 0 aromatic heterocycles. The predicted octanol–water partition coefficient (Wildman–Crippen LogP) is 2.11. The molecule has 0 fully saturated rings. The van der Waals surface area contributed by atoms with Crippen molar-refractivity contribution in [3.8, 4) is 6.07 Å². The maximum atomic E-state index is 12.8. The van der Waals surface area contributed by atoms with Gasteiger partial charge in [0, 0.05) is 0 Å². The molecule has 1 atom stereocenters. The number of carbonyl (C=O) groups excluding carboxylic acids is 2. The number of amides is 2. The predicted molar refractivity (Wildman–Crippen MR) is 81.6 cm³/mol. The monoisotopic (exact) mass is 321 g/mol. The molecule has 124 valence electrons. The summed E-state index contributed by atoms with van der Waals surface area (Å²) in [6, 6.07) is 6.59. The van der Waals surface area contributed by atoms with Crippen LogP contribution in [0.3, 0.4) is 0 Å². The second kappa shape index (κ2) is 9.41. The lowest BCUT2D eigenvalue weighted by atomic mass is 10.0. The third kappa shape index (κ3) is 7.27. The lowest BCUT2D eigenvalue weighted by Gasteiger charge is -2.19. The number of nitrogens with zero attached hydrogens (tertiary/aromatic N) is 1. The van der Waals surface area contributed by atoms with Gasteiger partial charge in [0.15, 0.2) is 0 Å². The number of ether oxygens (including phenoxy) is 1. The van der Waals surface area contributed by atoms with Gasteiger partial charge in [-0.2, -0.15) is 5.26 Å². The van der Waals surface area contributed by atoms with Gasteiger partial charge in [0.1, 0.15) is 25.0 Å². The van der Waals surface area contributed by atoms with Crippen molar-refractivity contribution in [1.29, 1.82) is 5.26 Å². The van der Waals surface area contributed by atoms with E-state index in [2.05, 4.69) is 10.6 Å². The van der Waals surface area contributed by atoms with Crippen molar-refractivity contribution in [3.63, 3.8) is 0 Å². The molecule has 1 unspecified atom stereocenters. The molecule has 0 heterocycles. The minimum absolute atomic E-state index is 0.0275. The molecule has 0 radical (unpaired) electrons. The van der Waals surface area contributed by atoms with Crippen molar-refractivity contribution in [2.24, 2.45) is 5.92 Å². The van der Waals surface area contributed by atoms with Gasteiger partial charge in [0.2, 0.25) is 5.91 Å². The molecule has 0 bridgehead atoms. The first-order valence-corrected chi connectivity index (χ1v) is 7.24. The molecule has 1 rings (SSSR count). The zero-order valence-corrected chi connectivity index (χ0v) is 13.1. The van der Waals surface area contributed by atoms with Gasteiger partial charge in [-0.15, -0.1) is 0 Å². The second-order valence-electron chi connectivity index (χ2n) is 5.40. The molecule has 7 heteroatoms. The van der Waals surface area contributed by atoms with E-state index in [0.717, 1.165) is 0 Å². The van der Waals surface area contributed by atoms with Crippen LogP contribution in [-0.4, -0.2) is 24.6 Å². The number of nitrogens with one attached hydrogen (secondary N) is 2. The first-order chi connectivity index (χ1) is 10.9. The van der Waals surface area contributed by atoms with Crippen LogP contribution < -0.4 is 10.6 Å². The highest BCUT2D eigenvalue weighted by molar-refractivity contribution is 5.85. The molecule has 0 spiro atoms. The van der Waals surface area contributed by atoms with Crippen LogP contribution in [0.2, 0.25) is 0 Å². The van der Waals surface area contributed by atoms with Crippen molar-refractivity contribution in [3.05, 3.63) is 35.6 Å². The van der Waals surface area contributed by atoms with Gasteiger partial charge in [-0.05, 0) is 30.0 Å². The summed E-state index contributed by atoms with van der Waals surface area (Å²) >= 11 is 0. The molecular weight excluding hydrogens is 301 g/mol. The van der Waals surface area contributed by atoms with Crippen LogP contribution in [0.4, 0.5) is 9.18 Å². The van der Waals surface area contributed by atoms with Crippen molar-refractivity contribution < 1.29 is 18.7 Å². The van der Waals surface area contributed by atoms with E-state index in [4.69, 9.17) is 10.00 Å². The fraction of sp³-hybridized carbons (Fsp3) is 0.438. The fourth-order valence-corrected chi connectivity index (χ4v) is 1.87. The number of halogens is 1. The molecule has 23 heavy (non-hydrogen) atoms. The summed E-state index contributed by atoms with van der Waals surface area (Å²) in [4.78, 5) is 23.7.